The zero-order valence-corrected chi connectivity index (χ0v) is 11.5. The van der Waals surface area contributed by atoms with Crippen molar-refractivity contribution in [2.24, 2.45) is 11.8 Å². The molecule has 0 bridgehead atoms. The molecule has 0 aliphatic rings. The van der Waals surface area contributed by atoms with Crippen LogP contribution in [0.5, 0.6) is 0 Å². The first-order valence-corrected chi connectivity index (χ1v) is 6.23. The van der Waals surface area contributed by atoms with Gasteiger partial charge in [-0.1, -0.05) is 20.8 Å². The van der Waals surface area contributed by atoms with E-state index in [0.717, 1.165) is 0 Å². The van der Waals surface area contributed by atoms with Crippen molar-refractivity contribution >= 4 is 12.0 Å². The average molecular weight is 260 g/mol. The summed E-state index contributed by atoms with van der Waals surface area (Å²) in [5, 5.41) is 14.0. The fourth-order valence-corrected chi connectivity index (χ4v) is 1.20. The third kappa shape index (κ3) is 7.11. The molecule has 6 nitrogen and oxygen atoms in total. The van der Waals surface area contributed by atoms with Gasteiger partial charge >= 0.3 is 12.0 Å². The molecule has 0 radical (unpaired) electrons. The lowest BCUT2D eigenvalue weighted by Gasteiger charge is -2.22. The fourth-order valence-electron chi connectivity index (χ4n) is 1.20. The Balaban J connectivity index is 4.05. The van der Waals surface area contributed by atoms with Gasteiger partial charge in [-0.25, -0.2) is 4.79 Å². The van der Waals surface area contributed by atoms with E-state index in [1.54, 1.807) is 6.92 Å². The summed E-state index contributed by atoms with van der Waals surface area (Å²) in [5.74, 6) is -1.27. The van der Waals surface area contributed by atoms with Crippen molar-refractivity contribution in [1.29, 1.82) is 0 Å². The number of hydrogen-bond donors (Lipinski definition) is 3. The Bertz CT molecular complexity index is 269. The molecular formula is C12H24N2O4. The normalized spacial score (nSPS) is 14.1. The molecule has 0 aliphatic carbocycles. The number of aliphatic carboxylic acids is 1. The molecule has 106 valence electrons. The van der Waals surface area contributed by atoms with Crippen LogP contribution in [0.1, 0.15) is 27.7 Å². The second kappa shape index (κ2) is 8.74. The molecule has 0 rings (SSSR count). The second-order valence-electron chi connectivity index (χ2n) is 4.60. The Morgan fingerprint density at radius 3 is 2.33 bits per heavy atom. The third-order valence-corrected chi connectivity index (χ3v) is 2.61. The van der Waals surface area contributed by atoms with Crippen LogP contribution in [0.25, 0.3) is 0 Å². The molecule has 0 saturated heterocycles. The summed E-state index contributed by atoms with van der Waals surface area (Å²) >= 11 is 0. The van der Waals surface area contributed by atoms with Gasteiger partial charge in [-0.3, -0.25) is 4.79 Å². The lowest BCUT2D eigenvalue weighted by atomic mass is 10.1. The molecule has 0 spiro atoms. The van der Waals surface area contributed by atoms with Gasteiger partial charge in [0.15, 0.2) is 0 Å². The molecule has 0 aromatic carbocycles. The molecule has 0 saturated carbocycles. The van der Waals surface area contributed by atoms with E-state index in [-0.39, 0.29) is 24.5 Å². The SMILES string of the molecule is CCOCC(NC(=O)NCC(C)C(=O)O)C(C)C. The zero-order chi connectivity index (χ0) is 14.1. The Hall–Kier alpha value is -1.30. The van der Waals surface area contributed by atoms with E-state index in [1.165, 1.54) is 0 Å². The van der Waals surface area contributed by atoms with Crippen molar-refractivity contribution < 1.29 is 19.4 Å². The van der Waals surface area contributed by atoms with E-state index in [0.29, 0.717) is 13.2 Å². The predicted molar refractivity (Wildman–Crippen MR) is 68.5 cm³/mol. The minimum Gasteiger partial charge on any atom is -0.481 e. The van der Waals surface area contributed by atoms with E-state index in [1.807, 2.05) is 20.8 Å². The van der Waals surface area contributed by atoms with E-state index in [4.69, 9.17) is 9.84 Å². The van der Waals surface area contributed by atoms with Crippen molar-refractivity contribution in [3.8, 4) is 0 Å². The third-order valence-electron chi connectivity index (χ3n) is 2.61. The molecule has 2 amide bonds. The Labute approximate surface area is 108 Å². The van der Waals surface area contributed by atoms with Crippen LogP contribution in [-0.4, -0.2) is 42.9 Å². The van der Waals surface area contributed by atoms with Gasteiger partial charge in [-0.15, -0.1) is 0 Å². The van der Waals surface area contributed by atoms with Gasteiger partial charge in [-0.05, 0) is 12.8 Å². The number of ether oxygens (including phenoxy) is 1. The largest absolute Gasteiger partial charge is 0.481 e. The Morgan fingerprint density at radius 2 is 1.89 bits per heavy atom. The number of urea groups is 1. The molecule has 0 heterocycles. The summed E-state index contributed by atoms with van der Waals surface area (Å²) in [6, 6.07) is -0.438. The van der Waals surface area contributed by atoms with Gasteiger partial charge in [0.2, 0.25) is 0 Å². The van der Waals surface area contributed by atoms with E-state index >= 15 is 0 Å². The molecule has 18 heavy (non-hydrogen) atoms. The summed E-state index contributed by atoms with van der Waals surface area (Å²) in [6.07, 6.45) is 0. The number of carbonyl (C=O) groups excluding carboxylic acids is 1. The molecule has 0 aromatic heterocycles. The number of amides is 2. The molecule has 0 fully saturated rings. The minimum atomic E-state index is -0.926. The molecule has 2 unspecified atom stereocenters. The number of hydrogen-bond acceptors (Lipinski definition) is 3. The highest BCUT2D eigenvalue weighted by Crippen LogP contribution is 2.02. The van der Waals surface area contributed by atoms with Crippen LogP contribution in [0.4, 0.5) is 4.79 Å². The summed E-state index contributed by atoms with van der Waals surface area (Å²) in [7, 11) is 0. The lowest BCUT2D eigenvalue weighted by Crippen LogP contribution is -2.48. The summed E-state index contributed by atoms with van der Waals surface area (Å²) < 4.78 is 5.29. The van der Waals surface area contributed by atoms with Crippen molar-refractivity contribution in [2.75, 3.05) is 19.8 Å². The van der Waals surface area contributed by atoms with Crippen LogP contribution in [0, 0.1) is 11.8 Å². The van der Waals surface area contributed by atoms with Crippen LogP contribution in [0.2, 0.25) is 0 Å². The molecule has 6 heteroatoms. The van der Waals surface area contributed by atoms with E-state index in [2.05, 4.69) is 10.6 Å². The number of carboxylic acids is 1. The molecule has 0 aromatic rings. The van der Waals surface area contributed by atoms with Crippen LogP contribution in [0.3, 0.4) is 0 Å². The maximum atomic E-state index is 11.6. The first-order chi connectivity index (χ1) is 8.38. The highest BCUT2D eigenvalue weighted by molar-refractivity contribution is 5.76. The first kappa shape index (κ1) is 16.7. The van der Waals surface area contributed by atoms with Gasteiger partial charge in [0.1, 0.15) is 0 Å². The van der Waals surface area contributed by atoms with Gasteiger partial charge < -0.3 is 20.5 Å². The van der Waals surface area contributed by atoms with Crippen LogP contribution >= 0.6 is 0 Å². The fraction of sp³-hybridized carbons (Fsp3) is 0.833. The lowest BCUT2D eigenvalue weighted by molar-refractivity contribution is -0.140. The smallest absolute Gasteiger partial charge is 0.315 e. The standard InChI is InChI=1S/C12H24N2O4/c1-5-18-7-10(8(2)3)14-12(17)13-6-9(4)11(15)16/h8-10H,5-7H2,1-4H3,(H,15,16)(H2,13,14,17). The Kier molecular flexibility index (Phi) is 8.11. The quantitative estimate of drug-likeness (QED) is 0.609. The molecule has 2 atom stereocenters. The molecule has 0 aliphatic heterocycles. The van der Waals surface area contributed by atoms with Crippen LogP contribution in [0.15, 0.2) is 0 Å². The van der Waals surface area contributed by atoms with Crippen LogP contribution in [-0.2, 0) is 9.53 Å². The molecular weight excluding hydrogens is 236 g/mol. The highest BCUT2D eigenvalue weighted by atomic mass is 16.5. The number of carbonyl (C=O) groups is 2. The number of carboxylic acid groups (broad SMARTS) is 1. The van der Waals surface area contributed by atoms with Crippen molar-refractivity contribution in [1.82, 2.24) is 10.6 Å². The number of rotatable bonds is 8. The maximum Gasteiger partial charge on any atom is 0.315 e. The summed E-state index contributed by atoms with van der Waals surface area (Å²) in [4.78, 5) is 22.2. The van der Waals surface area contributed by atoms with Crippen molar-refractivity contribution in [3.63, 3.8) is 0 Å². The van der Waals surface area contributed by atoms with Gasteiger partial charge in [0, 0.05) is 13.2 Å². The van der Waals surface area contributed by atoms with E-state index < -0.39 is 11.9 Å². The average Bonchev–Trinajstić information content (AvgIpc) is 2.30. The van der Waals surface area contributed by atoms with Gasteiger partial charge in [0.25, 0.3) is 0 Å². The number of nitrogens with one attached hydrogen (secondary N) is 2. The molecule has 3 N–H and O–H groups in total. The van der Waals surface area contributed by atoms with Gasteiger partial charge in [-0.2, -0.15) is 0 Å². The Morgan fingerprint density at radius 1 is 1.28 bits per heavy atom. The zero-order valence-electron chi connectivity index (χ0n) is 11.5. The topological polar surface area (TPSA) is 87.7 Å². The van der Waals surface area contributed by atoms with Crippen molar-refractivity contribution in [2.45, 2.75) is 33.7 Å². The first-order valence-electron chi connectivity index (χ1n) is 6.23. The maximum absolute atomic E-state index is 11.6. The van der Waals surface area contributed by atoms with Crippen LogP contribution < -0.4 is 10.6 Å². The highest BCUT2D eigenvalue weighted by Gasteiger charge is 2.17. The predicted octanol–water partition coefficient (Wildman–Crippen LogP) is 1.07. The second-order valence-corrected chi connectivity index (χ2v) is 4.60. The van der Waals surface area contributed by atoms with Crippen molar-refractivity contribution in [3.05, 3.63) is 0 Å². The van der Waals surface area contributed by atoms with Gasteiger partial charge in [0.05, 0.1) is 18.6 Å². The summed E-state index contributed by atoms with van der Waals surface area (Å²) in [5.41, 5.74) is 0. The van der Waals surface area contributed by atoms with E-state index in [9.17, 15) is 9.59 Å². The monoisotopic (exact) mass is 260 g/mol. The summed E-state index contributed by atoms with van der Waals surface area (Å²) in [6.45, 7) is 8.58. The minimum absolute atomic E-state index is 0.0786.